The number of aromatic nitrogens is 1. The minimum absolute atomic E-state index is 0.112. The van der Waals surface area contributed by atoms with Gasteiger partial charge in [-0.1, -0.05) is 36.0 Å². The van der Waals surface area contributed by atoms with Crippen LogP contribution in [-0.2, 0) is 11.3 Å². The fraction of sp³-hybridized carbons (Fsp3) is 0.364. The number of benzene rings is 2. The zero-order chi connectivity index (χ0) is 20.8. The molecule has 154 valence electrons. The van der Waals surface area contributed by atoms with Gasteiger partial charge in [-0.15, -0.1) is 11.8 Å². The monoisotopic (exact) mass is 430 g/mol. The molecule has 3 aromatic rings. The van der Waals surface area contributed by atoms with E-state index in [2.05, 4.69) is 47.7 Å². The number of thioether (sulfide) groups is 1. The van der Waals surface area contributed by atoms with Gasteiger partial charge in [0, 0.05) is 23.6 Å². The summed E-state index contributed by atoms with van der Waals surface area (Å²) in [6, 6.07) is 12.1. The highest BCUT2D eigenvalue weighted by Crippen LogP contribution is 2.35. The Hall–Kier alpha value is -2.25. The number of hydrogen-bond acceptors (Lipinski definition) is 5. The molecule has 0 aliphatic heterocycles. The van der Waals surface area contributed by atoms with Gasteiger partial charge in [-0.25, -0.2) is 0 Å². The minimum Gasteiger partial charge on any atom is -0.495 e. The van der Waals surface area contributed by atoms with Crippen LogP contribution in [0.4, 0.5) is 0 Å². The van der Waals surface area contributed by atoms with E-state index < -0.39 is 0 Å². The van der Waals surface area contributed by atoms with Crippen molar-refractivity contribution in [2.24, 2.45) is 4.99 Å². The molecule has 7 heteroatoms. The topological polar surface area (TPSA) is 52.8 Å². The molecule has 5 nitrogen and oxygen atoms in total. The van der Waals surface area contributed by atoms with E-state index in [1.54, 1.807) is 26.0 Å². The molecular formula is C22H26N2O3S2. The van der Waals surface area contributed by atoms with Crippen LogP contribution in [0.25, 0.3) is 10.2 Å². The number of hydrogen-bond donors (Lipinski definition) is 0. The van der Waals surface area contributed by atoms with Crippen molar-refractivity contribution in [3.05, 3.63) is 46.8 Å². The van der Waals surface area contributed by atoms with E-state index in [0.717, 1.165) is 34.7 Å². The quantitative estimate of drug-likeness (QED) is 0.469. The van der Waals surface area contributed by atoms with E-state index >= 15 is 0 Å². The summed E-state index contributed by atoms with van der Waals surface area (Å²) in [5.41, 5.74) is 2.16. The third kappa shape index (κ3) is 5.03. The molecule has 1 aromatic heterocycles. The molecule has 1 heterocycles. The average Bonchev–Trinajstić information content (AvgIpc) is 3.07. The number of nitrogens with zero attached hydrogens (tertiary/aromatic N) is 2. The van der Waals surface area contributed by atoms with Crippen molar-refractivity contribution in [3.63, 3.8) is 0 Å². The zero-order valence-electron chi connectivity index (χ0n) is 17.2. The first-order chi connectivity index (χ1) is 14.1. The molecule has 0 saturated heterocycles. The summed E-state index contributed by atoms with van der Waals surface area (Å²) >= 11 is 3.14. The third-order valence-electron chi connectivity index (χ3n) is 4.47. The van der Waals surface area contributed by atoms with Gasteiger partial charge in [-0.05, 0) is 37.6 Å². The van der Waals surface area contributed by atoms with Gasteiger partial charge in [-0.2, -0.15) is 4.99 Å². The second-order valence-corrected chi connectivity index (χ2v) is 8.75. The number of carbonyl (C=O) groups excluding carboxylic acids is 1. The van der Waals surface area contributed by atoms with E-state index in [4.69, 9.17) is 9.47 Å². The van der Waals surface area contributed by atoms with Crippen molar-refractivity contribution in [2.75, 3.05) is 20.0 Å². The van der Waals surface area contributed by atoms with Gasteiger partial charge in [0.25, 0.3) is 0 Å². The Morgan fingerprint density at radius 3 is 2.45 bits per heavy atom. The molecule has 0 fully saturated rings. The summed E-state index contributed by atoms with van der Waals surface area (Å²) in [5, 5.41) is 0. The summed E-state index contributed by atoms with van der Waals surface area (Å²) < 4.78 is 14.1. The highest BCUT2D eigenvalue weighted by Gasteiger charge is 2.16. The van der Waals surface area contributed by atoms with Crippen LogP contribution < -0.4 is 14.3 Å². The highest BCUT2D eigenvalue weighted by atomic mass is 32.2. The van der Waals surface area contributed by atoms with Crippen molar-refractivity contribution in [1.82, 2.24) is 4.57 Å². The van der Waals surface area contributed by atoms with E-state index in [1.165, 1.54) is 21.8 Å². The van der Waals surface area contributed by atoms with Crippen LogP contribution in [-0.4, -0.2) is 30.4 Å². The summed E-state index contributed by atoms with van der Waals surface area (Å²) in [7, 11) is 3.30. The number of rotatable bonds is 8. The predicted molar refractivity (Wildman–Crippen MR) is 120 cm³/mol. The van der Waals surface area contributed by atoms with Crippen LogP contribution in [0, 0.1) is 6.92 Å². The van der Waals surface area contributed by atoms with E-state index in [9.17, 15) is 4.79 Å². The van der Waals surface area contributed by atoms with E-state index in [1.807, 2.05) is 12.1 Å². The SMILES string of the molecule is CCCn1c(=NC(=O)CCSc2ccc(C)cc2)sc2c(OC)ccc(OC)c21. The molecule has 0 unspecified atom stereocenters. The van der Waals surface area contributed by atoms with Gasteiger partial charge in [0.05, 0.1) is 14.2 Å². The van der Waals surface area contributed by atoms with Gasteiger partial charge in [0.15, 0.2) is 4.80 Å². The Kier molecular flexibility index (Phi) is 7.39. The normalized spacial score (nSPS) is 11.8. The van der Waals surface area contributed by atoms with Gasteiger partial charge in [0.1, 0.15) is 21.7 Å². The number of fused-ring (bicyclic) bond motifs is 1. The van der Waals surface area contributed by atoms with Crippen LogP contribution in [0.5, 0.6) is 11.5 Å². The second-order valence-electron chi connectivity index (χ2n) is 6.60. The van der Waals surface area contributed by atoms with Gasteiger partial charge in [0.2, 0.25) is 5.91 Å². The number of carbonyl (C=O) groups is 1. The minimum atomic E-state index is -0.112. The molecule has 1 amide bonds. The van der Waals surface area contributed by atoms with Crippen molar-refractivity contribution >= 4 is 39.2 Å². The Balaban J connectivity index is 1.86. The summed E-state index contributed by atoms with van der Waals surface area (Å²) in [4.78, 5) is 18.8. The summed E-state index contributed by atoms with van der Waals surface area (Å²) in [6.45, 7) is 4.93. The molecule has 0 radical (unpaired) electrons. The molecule has 0 aliphatic rings. The zero-order valence-corrected chi connectivity index (χ0v) is 18.9. The van der Waals surface area contributed by atoms with Gasteiger partial charge >= 0.3 is 0 Å². The predicted octanol–water partition coefficient (Wildman–Crippen LogP) is 5.05. The lowest BCUT2D eigenvalue weighted by Gasteiger charge is -2.09. The van der Waals surface area contributed by atoms with Crippen LogP contribution in [0.2, 0.25) is 0 Å². The van der Waals surface area contributed by atoms with Gasteiger partial charge in [-0.3, -0.25) is 4.79 Å². The first-order valence-electron chi connectivity index (χ1n) is 9.58. The average molecular weight is 431 g/mol. The third-order valence-corrected chi connectivity index (χ3v) is 6.57. The van der Waals surface area contributed by atoms with E-state index in [0.29, 0.717) is 17.0 Å². The summed E-state index contributed by atoms with van der Waals surface area (Å²) in [6.07, 6.45) is 1.32. The largest absolute Gasteiger partial charge is 0.495 e. The molecule has 0 atom stereocenters. The number of ether oxygens (including phenoxy) is 2. The maximum atomic E-state index is 12.5. The molecule has 2 aromatic carbocycles. The van der Waals surface area contributed by atoms with Crippen LogP contribution in [0.3, 0.4) is 0 Å². The number of methoxy groups -OCH3 is 2. The molecule has 0 saturated carbocycles. The maximum Gasteiger partial charge on any atom is 0.249 e. The molecule has 0 spiro atoms. The lowest BCUT2D eigenvalue weighted by Crippen LogP contribution is -2.17. The van der Waals surface area contributed by atoms with Crippen LogP contribution in [0.1, 0.15) is 25.3 Å². The smallest absolute Gasteiger partial charge is 0.249 e. The Morgan fingerprint density at radius 1 is 1.10 bits per heavy atom. The first-order valence-corrected chi connectivity index (χ1v) is 11.4. The first kappa shape index (κ1) is 21.5. The fourth-order valence-corrected chi connectivity index (χ4v) is 5.05. The van der Waals surface area contributed by atoms with Crippen LogP contribution in [0.15, 0.2) is 46.3 Å². The molecular weight excluding hydrogens is 404 g/mol. The standard InChI is InChI=1S/C22H26N2O3S2/c1-5-13-24-20-17(26-3)10-11-18(27-4)21(20)29-22(24)23-19(25)12-14-28-16-8-6-15(2)7-9-16/h6-11H,5,12-14H2,1-4H3. The Bertz CT molecular complexity index is 1050. The van der Waals surface area contributed by atoms with Crippen molar-refractivity contribution in [3.8, 4) is 11.5 Å². The lowest BCUT2D eigenvalue weighted by molar-refractivity contribution is -0.117. The maximum absolute atomic E-state index is 12.5. The Labute approximate surface area is 179 Å². The lowest BCUT2D eigenvalue weighted by atomic mass is 10.2. The number of aryl methyl sites for hydroxylation is 2. The molecule has 0 N–H and O–H groups in total. The number of thiazole rings is 1. The summed E-state index contributed by atoms with van der Waals surface area (Å²) in [5.74, 6) is 2.12. The Morgan fingerprint density at radius 2 is 1.79 bits per heavy atom. The molecule has 0 bridgehead atoms. The highest BCUT2D eigenvalue weighted by molar-refractivity contribution is 7.99. The molecule has 3 rings (SSSR count). The van der Waals surface area contributed by atoms with Crippen molar-refractivity contribution in [1.29, 1.82) is 0 Å². The van der Waals surface area contributed by atoms with E-state index in [-0.39, 0.29) is 5.91 Å². The molecule has 29 heavy (non-hydrogen) atoms. The van der Waals surface area contributed by atoms with Gasteiger partial charge < -0.3 is 14.0 Å². The fourth-order valence-electron chi connectivity index (χ4n) is 3.02. The van der Waals surface area contributed by atoms with Crippen molar-refractivity contribution < 1.29 is 14.3 Å². The second kappa shape index (κ2) is 9.98. The van der Waals surface area contributed by atoms with Crippen LogP contribution >= 0.6 is 23.1 Å². The molecule has 0 aliphatic carbocycles. The number of amides is 1. The van der Waals surface area contributed by atoms with Crippen molar-refractivity contribution in [2.45, 2.75) is 38.1 Å².